The summed E-state index contributed by atoms with van der Waals surface area (Å²) in [5, 5.41) is 43.0. The molecule has 1 aliphatic rings. The molecule has 53 heavy (non-hydrogen) atoms. The van der Waals surface area contributed by atoms with E-state index in [0.717, 1.165) is 18.4 Å². The number of carbonyl (C=O) groups is 2. The van der Waals surface area contributed by atoms with Crippen LogP contribution in [0.3, 0.4) is 0 Å². The number of thiophene rings is 2. The van der Waals surface area contributed by atoms with Crippen molar-refractivity contribution < 1.29 is 34.4 Å². The van der Waals surface area contributed by atoms with Crippen LogP contribution in [0.5, 0.6) is 11.5 Å². The molecule has 0 aliphatic heterocycles. The Labute approximate surface area is 315 Å². The Morgan fingerprint density at radius 3 is 2.40 bits per heavy atom. The summed E-state index contributed by atoms with van der Waals surface area (Å²) in [4.78, 5) is 43.9. The Morgan fingerprint density at radius 2 is 1.74 bits per heavy atom. The minimum atomic E-state index is -1.81. The Balaban J connectivity index is 0.944. The van der Waals surface area contributed by atoms with E-state index in [-0.39, 0.29) is 41.4 Å². The molecule has 0 saturated heterocycles. The number of phenolic OH excluding ortho intramolecular Hbond substituents is 1. The number of H-pyrrole nitrogens is 1. The van der Waals surface area contributed by atoms with Crippen molar-refractivity contribution in [1.29, 1.82) is 0 Å². The lowest BCUT2D eigenvalue weighted by Crippen LogP contribution is -2.42. The van der Waals surface area contributed by atoms with Crippen molar-refractivity contribution in [2.75, 3.05) is 32.6 Å². The summed E-state index contributed by atoms with van der Waals surface area (Å²) in [6.45, 7) is 1.15. The fourth-order valence-corrected chi connectivity index (χ4v) is 8.50. The van der Waals surface area contributed by atoms with Gasteiger partial charge in [0.1, 0.15) is 17.6 Å². The van der Waals surface area contributed by atoms with Gasteiger partial charge in [-0.2, -0.15) is 0 Å². The predicted octanol–water partition coefficient (Wildman–Crippen LogP) is 5.24. The third kappa shape index (κ3) is 8.81. The van der Waals surface area contributed by atoms with E-state index in [9.17, 15) is 29.7 Å². The molecular formula is C39H44N4O8S2. The van der Waals surface area contributed by atoms with Crippen LogP contribution in [-0.4, -0.2) is 76.5 Å². The number of hydrogen-bond acceptors (Lipinski definition) is 12. The lowest BCUT2D eigenvalue weighted by molar-refractivity contribution is -0.169. The summed E-state index contributed by atoms with van der Waals surface area (Å²) >= 11 is 2.65. The zero-order chi connectivity index (χ0) is 37.5. The van der Waals surface area contributed by atoms with Gasteiger partial charge in [0.25, 0.3) is 0 Å². The number of aromatic hydroxyl groups is 1. The standard InChI is InChI=1S/C39H44N4O8S2/c1-43(26-9-11-27(12-10-26)51-38(48)39(49,33-5-3-19-52-33)34-6-4-20-53-34)18-17-36(47)41-25-8-7-24(32(21-25)50-2)22-40-23-31(45)28-13-15-30(44)37-29(28)14-16-35(46)42-37/h3-8,13-16,19-21,26-27,31,40,44-45,49H,9-12,17-18,22-23H2,1-2H3,(H,41,47)(H,42,46)/t26?,27?,31-/m1/s1. The maximum absolute atomic E-state index is 13.4. The van der Waals surface area contributed by atoms with E-state index in [0.29, 0.717) is 64.5 Å². The number of aromatic amines is 1. The Morgan fingerprint density at radius 1 is 1.02 bits per heavy atom. The number of aromatic nitrogens is 1. The maximum atomic E-state index is 13.4. The van der Waals surface area contributed by atoms with Gasteiger partial charge in [0.2, 0.25) is 17.1 Å². The molecule has 5 aromatic rings. The van der Waals surface area contributed by atoms with E-state index in [4.69, 9.17) is 9.47 Å². The number of rotatable bonds is 15. The summed E-state index contributed by atoms with van der Waals surface area (Å²) in [5.41, 5.74) is 0.128. The minimum absolute atomic E-state index is 0.0687. The number of carbonyl (C=O) groups excluding carboxylic acids is 2. The van der Waals surface area contributed by atoms with Gasteiger partial charge in [0, 0.05) is 60.9 Å². The van der Waals surface area contributed by atoms with Crippen LogP contribution in [0, 0.1) is 0 Å². The minimum Gasteiger partial charge on any atom is -0.506 e. The molecule has 0 radical (unpaired) electrons. The van der Waals surface area contributed by atoms with Crippen LogP contribution in [0.2, 0.25) is 0 Å². The fraction of sp³-hybridized carbons (Fsp3) is 0.359. The molecule has 0 unspecified atom stereocenters. The number of ether oxygens (including phenoxy) is 2. The van der Waals surface area contributed by atoms with Gasteiger partial charge in [-0.1, -0.05) is 24.3 Å². The average molecular weight is 761 g/mol. The van der Waals surface area contributed by atoms with Gasteiger partial charge in [0.05, 0.1) is 28.5 Å². The number of phenols is 1. The lowest BCUT2D eigenvalue weighted by atomic mass is 9.91. The highest BCUT2D eigenvalue weighted by atomic mass is 32.1. The van der Waals surface area contributed by atoms with Crippen LogP contribution in [0.1, 0.15) is 59.1 Å². The van der Waals surface area contributed by atoms with Crippen molar-refractivity contribution in [3.05, 3.63) is 109 Å². The van der Waals surface area contributed by atoms with Crippen molar-refractivity contribution in [2.24, 2.45) is 0 Å². The number of amides is 1. The first kappa shape index (κ1) is 38.2. The second-order valence-electron chi connectivity index (χ2n) is 13.2. The zero-order valence-electron chi connectivity index (χ0n) is 29.5. The molecule has 2 aromatic carbocycles. The Hall–Kier alpha value is -4.57. The smallest absolute Gasteiger partial charge is 0.349 e. The highest BCUT2D eigenvalue weighted by Crippen LogP contribution is 2.38. The van der Waals surface area contributed by atoms with Gasteiger partial charge in [-0.25, -0.2) is 4.79 Å². The van der Waals surface area contributed by atoms with Crippen molar-refractivity contribution in [3.8, 4) is 11.5 Å². The highest BCUT2D eigenvalue weighted by molar-refractivity contribution is 7.12. The van der Waals surface area contributed by atoms with E-state index >= 15 is 0 Å². The van der Waals surface area contributed by atoms with Gasteiger partial charge < -0.3 is 45.3 Å². The number of aliphatic hydroxyl groups excluding tert-OH is 1. The number of nitrogens with zero attached hydrogens (tertiary/aromatic N) is 1. The fourth-order valence-electron chi connectivity index (χ4n) is 6.79. The molecule has 3 heterocycles. The average Bonchev–Trinajstić information content (AvgIpc) is 3.91. The molecule has 1 amide bonds. The van der Waals surface area contributed by atoms with Crippen molar-refractivity contribution in [1.82, 2.24) is 15.2 Å². The van der Waals surface area contributed by atoms with Crippen LogP contribution in [0.15, 0.2) is 82.3 Å². The number of methoxy groups -OCH3 is 1. The van der Waals surface area contributed by atoms with Crippen molar-refractivity contribution in [2.45, 2.75) is 62.5 Å². The summed E-state index contributed by atoms with van der Waals surface area (Å²) in [6.07, 6.45) is 2.07. The van der Waals surface area contributed by atoms with Crippen LogP contribution in [0.4, 0.5) is 5.69 Å². The van der Waals surface area contributed by atoms with E-state index in [1.165, 1.54) is 34.8 Å². The predicted molar refractivity (Wildman–Crippen MR) is 206 cm³/mol. The molecule has 14 heteroatoms. The molecule has 1 aliphatic carbocycles. The molecule has 0 bridgehead atoms. The van der Waals surface area contributed by atoms with Crippen LogP contribution >= 0.6 is 22.7 Å². The molecule has 3 aromatic heterocycles. The van der Waals surface area contributed by atoms with Crippen LogP contribution < -0.4 is 20.9 Å². The number of anilines is 1. The monoisotopic (exact) mass is 760 g/mol. The lowest BCUT2D eigenvalue weighted by Gasteiger charge is -2.35. The number of pyridine rings is 1. The molecule has 6 N–H and O–H groups in total. The number of fused-ring (bicyclic) bond motifs is 1. The highest BCUT2D eigenvalue weighted by Gasteiger charge is 2.45. The molecule has 12 nitrogen and oxygen atoms in total. The van der Waals surface area contributed by atoms with E-state index in [2.05, 4.69) is 20.5 Å². The Bertz CT molecular complexity index is 2030. The zero-order valence-corrected chi connectivity index (χ0v) is 31.2. The molecule has 280 valence electrons. The summed E-state index contributed by atoms with van der Waals surface area (Å²) < 4.78 is 11.5. The topological polar surface area (TPSA) is 173 Å². The van der Waals surface area contributed by atoms with E-state index in [1.807, 2.05) is 42.1 Å². The molecular weight excluding hydrogens is 717 g/mol. The van der Waals surface area contributed by atoms with Gasteiger partial charge in [-0.15, -0.1) is 22.7 Å². The molecule has 1 saturated carbocycles. The SMILES string of the molecule is COc1cc(NC(=O)CCN(C)C2CCC(OC(=O)C(O)(c3cccs3)c3cccs3)CC2)ccc1CNC[C@@H](O)c1ccc(O)c2[nH]c(=O)ccc12. The largest absolute Gasteiger partial charge is 0.506 e. The molecule has 0 spiro atoms. The summed E-state index contributed by atoms with van der Waals surface area (Å²) in [5.74, 6) is -0.257. The summed E-state index contributed by atoms with van der Waals surface area (Å²) in [6, 6.07) is 18.8. The van der Waals surface area contributed by atoms with Crippen LogP contribution in [0.25, 0.3) is 10.9 Å². The van der Waals surface area contributed by atoms with Gasteiger partial charge in [-0.3, -0.25) is 9.59 Å². The molecule has 6 rings (SSSR count). The number of nitrogens with one attached hydrogen (secondary N) is 3. The summed E-state index contributed by atoms with van der Waals surface area (Å²) in [7, 11) is 3.56. The third-order valence-corrected chi connectivity index (χ3v) is 11.7. The number of aliphatic hydroxyl groups is 2. The second-order valence-corrected chi connectivity index (χ2v) is 15.1. The first-order valence-corrected chi connectivity index (χ1v) is 19.2. The van der Waals surface area contributed by atoms with Gasteiger partial charge >= 0.3 is 5.97 Å². The molecule has 1 fully saturated rings. The number of benzene rings is 2. The van der Waals surface area contributed by atoms with Crippen molar-refractivity contribution in [3.63, 3.8) is 0 Å². The normalized spacial score (nSPS) is 16.8. The van der Waals surface area contributed by atoms with E-state index < -0.39 is 17.7 Å². The van der Waals surface area contributed by atoms with Crippen LogP contribution in [-0.2, 0) is 26.5 Å². The maximum Gasteiger partial charge on any atom is 0.349 e. The second kappa shape index (κ2) is 17.1. The van der Waals surface area contributed by atoms with Crippen molar-refractivity contribution >= 4 is 51.1 Å². The molecule has 1 atom stereocenters. The van der Waals surface area contributed by atoms with Gasteiger partial charge in [0.15, 0.2) is 0 Å². The van der Waals surface area contributed by atoms with E-state index in [1.54, 1.807) is 37.4 Å². The number of esters is 1. The van der Waals surface area contributed by atoms with Gasteiger partial charge in [-0.05, 0) is 79.4 Å². The quantitative estimate of drug-likeness (QED) is 0.0776. The number of hydrogen-bond donors (Lipinski definition) is 6. The Kier molecular flexibility index (Phi) is 12.3. The first-order chi connectivity index (χ1) is 25.6. The third-order valence-electron chi connectivity index (χ3n) is 9.77. The first-order valence-electron chi connectivity index (χ1n) is 17.5.